The quantitative estimate of drug-likeness (QED) is 0.289. The number of nitrogens with one attached hydrogen (secondary N) is 2. The van der Waals surface area contributed by atoms with Gasteiger partial charge in [0.15, 0.2) is 5.96 Å². The Bertz CT molecular complexity index is 530. The molecule has 0 bridgehead atoms. The number of hydrogen-bond donors (Lipinski definition) is 2. The maximum atomic E-state index is 11.4. The Morgan fingerprint density at radius 1 is 1.17 bits per heavy atom. The smallest absolute Gasteiger partial charge is 0.337 e. The first kappa shape index (κ1) is 22.6. The molecule has 1 aromatic carbocycles. The van der Waals surface area contributed by atoms with E-state index in [1.165, 1.54) is 7.11 Å². The van der Waals surface area contributed by atoms with E-state index in [1.54, 1.807) is 26.3 Å². The molecule has 136 valence electrons. The molecular weight excluding hydrogens is 421 g/mol. The van der Waals surface area contributed by atoms with E-state index in [-0.39, 0.29) is 35.5 Å². The molecule has 24 heavy (non-hydrogen) atoms. The molecule has 0 spiro atoms. The lowest BCUT2D eigenvalue weighted by atomic mass is 10.1. The lowest BCUT2D eigenvalue weighted by molar-refractivity contribution is 0.0268. The highest BCUT2D eigenvalue weighted by molar-refractivity contribution is 14.0. The maximum absolute atomic E-state index is 11.4. The second kappa shape index (κ2) is 11.2. The molecule has 0 aromatic heterocycles. The van der Waals surface area contributed by atoms with Crippen molar-refractivity contribution in [2.24, 2.45) is 4.99 Å². The van der Waals surface area contributed by atoms with Gasteiger partial charge in [-0.3, -0.25) is 4.99 Å². The molecule has 6 nitrogen and oxygen atoms in total. The van der Waals surface area contributed by atoms with Crippen LogP contribution in [0.5, 0.6) is 0 Å². The van der Waals surface area contributed by atoms with Crippen molar-refractivity contribution in [1.29, 1.82) is 0 Å². The van der Waals surface area contributed by atoms with Crippen LogP contribution < -0.4 is 10.6 Å². The highest BCUT2D eigenvalue weighted by Crippen LogP contribution is 2.06. The molecule has 0 saturated carbocycles. The van der Waals surface area contributed by atoms with Gasteiger partial charge in [0, 0.05) is 27.2 Å². The van der Waals surface area contributed by atoms with Crippen molar-refractivity contribution in [2.75, 3.05) is 34.4 Å². The number of aliphatic imine (C=N–C) groups is 1. The summed E-state index contributed by atoms with van der Waals surface area (Å²) in [6.07, 6.45) is 0.829. The van der Waals surface area contributed by atoms with Gasteiger partial charge in [0.25, 0.3) is 0 Å². The van der Waals surface area contributed by atoms with Crippen LogP contribution >= 0.6 is 24.0 Å². The first-order chi connectivity index (χ1) is 10.9. The average Bonchev–Trinajstić information content (AvgIpc) is 2.57. The summed E-state index contributed by atoms with van der Waals surface area (Å²) >= 11 is 0. The van der Waals surface area contributed by atoms with Gasteiger partial charge in [-0.05, 0) is 38.0 Å². The number of nitrogens with zero attached hydrogens (tertiary/aromatic N) is 1. The molecule has 0 heterocycles. The monoisotopic (exact) mass is 449 g/mol. The third-order valence-corrected chi connectivity index (χ3v) is 3.54. The van der Waals surface area contributed by atoms with Gasteiger partial charge < -0.3 is 20.1 Å². The Morgan fingerprint density at radius 3 is 2.29 bits per heavy atom. The van der Waals surface area contributed by atoms with Crippen LogP contribution in [0.2, 0.25) is 0 Å². The largest absolute Gasteiger partial charge is 0.465 e. The van der Waals surface area contributed by atoms with Crippen LogP contribution in [-0.4, -0.2) is 51.9 Å². The Hall–Kier alpha value is -1.35. The molecule has 0 amide bonds. The van der Waals surface area contributed by atoms with E-state index in [1.807, 2.05) is 26.0 Å². The summed E-state index contributed by atoms with van der Waals surface area (Å²) in [5.74, 6) is 0.418. The van der Waals surface area contributed by atoms with Gasteiger partial charge in [0.05, 0.1) is 18.3 Å². The van der Waals surface area contributed by atoms with Crippen molar-refractivity contribution < 1.29 is 14.3 Å². The second-order valence-electron chi connectivity index (χ2n) is 5.75. The summed E-state index contributed by atoms with van der Waals surface area (Å²) in [5, 5.41) is 6.49. The van der Waals surface area contributed by atoms with Gasteiger partial charge in [-0.15, -0.1) is 24.0 Å². The zero-order chi connectivity index (χ0) is 17.3. The Morgan fingerprint density at radius 2 is 1.79 bits per heavy atom. The molecule has 0 aliphatic carbocycles. The Kier molecular flexibility index (Phi) is 10.6. The first-order valence-electron chi connectivity index (χ1n) is 7.59. The van der Waals surface area contributed by atoms with E-state index in [9.17, 15) is 4.79 Å². The lowest BCUT2D eigenvalue weighted by Crippen LogP contribution is -2.45. The van der Waals surface area contributed by atoms with E-state index in [0.717, 1.165) is 24.5 Å². The third kappa shape index (κ3) is 7.96. The van der Waals surface area contributed by atoms with Crippen molar-refractivity contribution in [3.63, 3.8) is 0 Å². The summed E-state index contributed by atoms with van der Waals surface area (Å²) in [7, 11) is 4.81. The minimum atomic E-state index is -0.319. The van der Waals surface area contributed by atoms with Crippen molar-refractivity contribution in [1.82, 2.24) is 10.6 Å². The molecule has 2 N–H and O–H groups in total. The van der Waals surface area contributed by atoms with Crippen LogP contribution in [0.1, 0.15) is 29.8 Å². The predicted molar refractivity (Wildman–Crippen MR) is 107 cm³/mol. The van der Waals surface area contributed by atoms with Crippen LogP contribution in [0.15, 0.2) is 29.3 Å². The van der Waals surface area contributed by atoms with Gasteiger partial charge in [0.1, 0.15) is 0 Å². The molecule has 0 aliphatic rings. The van der Waals surface area contributed by atoms with Gasteiger partial charge in [-0.25, -0.2) is 4.79 Å². The summed E-state index contributed by atoms with van der Waals surface area (Å²) < 4.78 is 10.0. The van der Waals surface area contributed by atoms with E-state index >= 15 is 0 Å². The number of benzene rings is 1. The molecule has 0 radical (unpaired) electrons. The molecule has 7 heteroatoms. The van der Waals surface area contributed by atoms with Crippen LogP contribution in [0.3, 0.4) is 0 Å². The fourth-order valence-corrected chi connectivity index (χ4v) is 1.84. The molecule has 0 atom stereocenters. The highest BCUT2D eigenvalue weighted by atomic mass is 127. The first-order valence-corrected chi connectivity index (χ1v) is 7.59. The Balaban J connectivity index is 0.00000529. The van der Waals surface area contributed by atoms with Crippen molar-refractivity contribution in [2.45, 2.75) is 25.9 Å². The van der Waals surface area contributed by atoms with Gasteiger partial charge in [-0.1, -0.05) is 12.1 Å². The van der Waals surface area contributed by atoms with Crippen LogP contribution in [0.25, 0.3) is 0 Å². The summed E-state index contributed by atoms with van der Waals surface area (Å²) in [6, 6.07) is 7.40. The van der Waals surface area contributed by atoms with E-state index in [4.69, 9.17) is 4.74 Å². The van der Waals surface area contributed by atoms with Crippen molar-refractivity contribution in [3.05, 3.63) is 35.4 Å². The van der Waals surface area contributed by atoms with E-state index in [2.05, 4.69) is 20.4 Å². The number of carbonyl (C=O) groups is 1. The fraction of sp³-hybridized carbons (Fsp3) is 0.529. The minimum absolute atomic E-state index is 0. The zero-order valence-corrected chi connectivity index (χ0v) is 17.3. The molecule has 0 saturated heterocycles. The summed E-state index contributed by atoms with van der Waals surface area (Å²) in [4.78, 5) is 15.6. The normalized spacial score (nSPS) is 11.5. The van der Waals surface area contributed by atoms with Crippen LogP contribution in [0, 0.1) is 0 Å². The van der Waals surface area contributed by atoms with Gasteiger partial charge >= 0.3 is 5.97 Å². The lowest BCUT2D eigenvalue weighted by Gasteiger charge is -2.24. The van der Waals surface area contributed by atoms with Crippen molar-refractivity contribution >= 4 is 35.9 Å². The fourth-order valence-electron chi connectivity index (χ4n) is 1.84. The average molecular weight is 449 g/mol. The minimum Gasteiger partial charge on any atom is -0.465 e. The number of esters is 1. The summed E-state index contributed by atoms with van der Waals surface area (Å²) in [6.45, 7) is 5.42. The number of halogens is 1. The molecule has 0 fully saturated rings. The molecule has 0 unspecified atom stereocenters. The number of hydrogen-bond acceptors (Lipinski definition) is 4. The molecule has 1 aromatic rings. The van der Waals surface area contributed by atoms with Gasteiger partial charge in [-0.2, -0.15) is 0 Å². The van der Waals surface area contributed by atoms with Gasteiger partial charge in [0.2, 0.25) is 0 Å². The molecule has 0 aliphatic heterocycles. The standard InChI is InChI=1S/C17H27N3O3.HI/c1-17(2,23-5)12-20-16(18-3)19-11-10-13-6-8-14(9-7-13)15(21)22-4;/h6-9H,10-12H2,1-5H3,(H2,18,19,20);1H. The van der Waals surface area contributed by atoms with Crippen LogP contribution in [-0.2, 0) is 15.9 Å². The van der Waals surface area contributed by atoms with Crippen molar-refractivity contribution in [3.8, 4) is 0 Å². The zero-order valence-electron chi connectivity index (χ0n) is 15.0. The second-order valence-corrected chi connectivity index (χ2v) is 5.75. The molecule has 1 rings (SSSR count). The summed E-state index contributed by atoms with van der Waals surface area (Å²) in [5.41, 5.74) is 1.45. The van der Waals surface area contributed by atoms with E-state index in [0.29, 0.717) is 12.1 Å². The number of rotatable bonds is 7. The van der Waals surface area contributed by atoms with Crippen LogP contribution in [0.4, 0.5) is 0 Å². The third-order valence-electron chi connectivity index (χ3n) is 3.54. The topological polar surface area (TPSA) is 72.0 Å². The highest BCUT2D eigenvalue weighted by Gasteiger charge is 2.16. The number of carbonyl (C=O) groups excluding carboxylic acids is 1. The van der Waals surface area contributed by atoms with E-state index < -0.39 is 0 Å². The number of methoxy groups -OCH3 is 2. The maximum Gasteiger partial charge on any atom is 0.337 e. The predicted octanol–water partition coefficient (Wildman–Crippen LogP) is 2.22. The molecular formula is C17H28IN3O3. The number of ether oxygens (including phenoxy) is 2. The SMILES string of the molecule is CN=C(NCCc1ccc(C(=O)OC)cc1)NCC(C)(C)OC.I. The Labute approximate surface area is 161 Å². The number of guanidine groups is 1.